The van der Waals surface area contributed by atoms with E-state index >= 15 is 0 Å². The maximum absolute atomic E-state index is 13.1. The molecular weight excluding hydrogens is 347 g/mol. The fourth-order valence-electron chi connectivity index (χ4n) is 2.91. The lowest BCUT2D eigenvalue weighted by atomic mass is 10.2. The summed E-state index contributed by atoms with van der Waals surface area (Å²) in [5, 5.41) is 5.95. The van der Waals surface area contributed by atoms with E-state index in [1.807, 2.05) is 0 Å². The molecule has 1 saturated carbocycles. The van der Waals surface area contributed by atoms with Gasteiger partial charge in [0.05, 0.1) is 16.8 Å². The number of nitrogens with one attached hydrogen (secondary N) is 1. The van der Waals surface area contributed by atoms with E-state index in [-0.39, 0.29) is 23.0 Å². The number of halogens is 4. The molecule has 2 atom stereocenters. The molecule has 5 nitrogen and oxygen atoms in total. The van der Waals surface area contributed by atoms with Crippen LogP contribution in [0.3, 0.4) is 0 Å². The van der Waals surface area contributed by atoms with E-state index in [1.165, 1.54) is 6.92 Å². The first-order chi connectivity index (χ1) is 11.3. The quantitative estimate of drug-likeness (QED) is 0.871. The van der Waals surface area contributed by atoms with Crippen LogP contribution in [0.5, 0.6) is 0 Å². The van der Waals surface area contributed by atoms with Gasteiger partial charge in [-0.25, -0.2) is 0 Å². The van der Waals surface area contributed by atoms with E-state index in [0.717, 1.165) is 30.4 Å². The van der Waals surface area contributed by atoms with Gasteiger partial charge in [0, 0.05) is 19.1 Å². The van der Waals surface area contributed by atoms with Crippen LogP contribution < -0.4 is 5.32 Å². The highest BCUT2D eigenvalue weighted by molar-refractivity contribution is 6.32. The summed E-state index contributed by atoms with van der Waals surface area (Å²) in [7, 11) is 0. The van der Waals surface area contributed by atoms with E-state index in [0.29, 0.717) is 18.8 Å². The summed E-state index contributed by atoms with van der Waals surface area (Å²) in [5.74, 6) is -0.449. The van der Waals surface area contributed by atoms with Gasteiger partial charge in [0.25, 0.3) is 0 Å². The number of rotatable bonds is 5. The molecule has 0 radical (unpaired) electrons. The predicted octanol–water partition coefficient (Wildman–Crippen LogP) is 3.29. The summed E-state index contributed by atoms with van der Waals surface area (Å²) in [4.78, 5) is 12.3. The molecular formula is C15H19ClF3N3O2. The van der Waals surface area contributed by atoms with Gasteiger partial charge in [0.2, 0.25) is 5.91 Å². The Balaban J connectivity index is 1.78. The Bertz CT molecular complexity index is 622. The zero-order valence-corrected chi connectivity index (χ0v) is 14.0. The molecule has 0 bridgehead atoms. The number of carbonyl (C=O) groups is 1. The van der Waals surface area contributed by atoms with Gasteiger partial charge in [-0.3, -0.25) is 9.48 Å². The van der Waals surface area contributed by atoms with Crippen molar-refractivity contribution in [3.05, 3.63) is 16.4 Å². The number of alkyl halides is 3. The third-order valence-corrected chi connectivity index (χ3v) is 4.77. The normalized spacial score (nSPS) is 22.6. The number of aromatic nitrogens is 2. The lowest BCUT2D eigenvalue weighted by Gasteiger charge is -2.17. The van der Waals surface area contributed by atoms with Crippen LogP contribution in [0.1, 0.15) is 56.0 Å². The van der Waals surface area contributed by atoms with Crippen LogP contribution in [0.25, 0.3) is 0 Å². The lowest BCUT2D eigenvalue weighted by Crippen LogP contribution is -2.37. The molecule has 0 aromatic carbocycles. The molecule has 2 unspecified atom stereocenters. The first kappa shape index (κ1) is 17.5. The average molecular weight is 366 g/mol. The minimum atomic E-state index is -4.64. The molecule has 24 heavy (non-hydrogen) atoms. The Hall–Kier alpha value is -1.28. The minimum absolute atomic E-state index is 0.0315. The summed E-state index contributed by atoms with van der Waals surface area (Å²) in [6, 6.07) is -0.865. The average Bonchev–Trinajstić information content (AvgIpc) is 3.08. The molecule has 1 saturated heterocycles. The van der Waals surface area contributed by atoms with Crippen molar-refractivity contribution in [2.75, 3.05) is 13.2 Å². The Morgan fingerprint density at radius 2 is 2.17 bits per heavy atom. The number of amides is 1. The van der Waals surface area contributed by atoms with Crippen LogP contribution in [0.15, 0.2) is 0 Å². The number of ether oxygens (including phenoxy) is 1. The van der Waals surface area contributed by atoms with Crippen molar-refractivity contribution in [2.24, 2.45) is 0 Å². The maximum atomic E-state index is 13.1. The van der Waals surface area contributed by atoms with Gasteiger partial charge in [-0.2, -0.15) is 18.3 Å². The van der Waals surface area contributed by atoms with Crippen LogP contribution >= 0.6 is 11.6 Å². The van der Waals surface area contributed by atoms with Crippen molar-refractivity contribution < 1.29 is 22.7 Å². The van der Waals surface area contributed by atoms with Gasteiger partial charge >= 0.3 is 6.18 Å². The lowest BCUT2D eigenvalue weighted by molar-refractivity contribution is -0.141. The monoisotopic (exact) mass is 365 g/mol. The summed E-state index contributed by atoms with van der Waals surface area (Å²) in [5.41, 5.74) is -0.811. The van der Waals surface area contributed by atoms with E-state index < -0.39 is 17.9 Å². The molecule has 1 aromatic rings. The Morgan fingerprint density at radius 3 is 2.71 bits per heavy atom. The summed E-state index contributed by atoms with van der Waals surface area (Å²) < 4.78 is 45.8. The number of hydrogen-bond donors (Lipinski definition) is 1. The SMILES string of the molecule is CC(C(=O)NCC1CCCO1)n1nc(C(F)(F)F)c(Cl)c1C1CC1. The van der Waals surface area contributed by atoms with Crippen molar-refractivity contribution in [2.45, 2.75) is 56.8 Å². The maximum Gasteiger partial charge on any atom is 0.436 e. The smallest absolute Gasteiger partial charge is 0.376 e. The number of carbonyl (C=O) groups excluding carboxylic acids is 1. The standard InChI is InChI=1S/C15H19ClF3N3O2/c1-8(14(23)20-7-10-3-2-6-24-10)22-12(9-4-5-9)11(16)13(21-22)15(17,18)19/h8-10H,2-7H2,1H3,(H,20,23). The Morgan fingerprint density at radius 1 is 1.46 bits per heavy atom. The highest BCUT2D eigenvalue weighted by Gasteiger charge is 2.43. The zero-order chi connectivity index (χ0) is 17.5. The Kier molecular flexibility index (Phi) is 4.79. The van der Waals surface area contributed by atoms with Gasteiger partial charge in [0.15, 0.2) is 5.69 Å². The predicted molar refractivity (Wildman–Crippen MR) is 80.9 cm³/mol. The minimum Gasteiger partial charge on any atom is -0.376 e. The second-order valence-corrected chi connectivity index (χ2v) is 6.70. The molecule has 2 fully saturated rings. The highest BCUT2D eigenvalue weighted by atomic mass is 35.5. The molecule has 134 valence electrons. The molecule has 1 aliphatic heterocycles. The molecule has 9 heteroatoms. The van der Waals surface area contributed by atoms with E-state index in [2.05, 4.69) is 10.4 Å². The van der Waals surface area contributed by atoms with Crippen LogP contribution in [0.4, 0.5) is 13.2 Å². The molecule has 0 spiro atoms. The fraction of sp³-hybridized carbons (Fsp3) is 0.733. The van der Waals surface area contributed by atoms with Crippen LogP contribution in [0.2, 0.25) is 5.02 Å². The third-order valence-electron chi connectivity index (χ3n) is 4.39. The number of hydrogen-bond acceptors (Lipinski definition) is 3. The van der Waals surface area contributed by atoms with Gasteiger partial charge in [-0.05, 0) is 32.6 Å². The van der Waals surface area contributed by atoms with Crippen molar-refractivity contribution in [3.63, 3.8) is 0 Å². The van der Waals surface area contributed by atoms with E-state index in [1.54, 1.807) is 0 Å². The molecule has 2 heterocycles. The van der Waals surface area contributed by atoms with Crippen LogP contribution in [-0.4, -0.2) is 34.9 Å². The van der Waals surface area contributed by atoms with E-state index in [9.17, 15) is 18.0 Å². The van der Waals surface area contributed by atoms with Crippen molar-refractivity contribution in [3.8, 4) is 0 Å². The second kappa shape index (κ2) is 6.55. The van der Waals surface area contributed by atoms with Crippen LogP contribution in [0, 0.1) is 0 Å². The summed E-state index contributed by atoms with van der Waals surface area (Å²) in [6.45, 7) is 2.55. The molecule has 3 rings (SSSR count). The van der Waals surface area contributed by atoms with Gasteiger partial charge in [0.1, 0.15) is 6.04 Å². The number of nitrogens with zero attached hydrogens (tertiary/aromatic N) is 2. The van der Waals surface area contributed by atoms with Gasteiger partial charge in [-0.15, -0.1) is 0 Å². The molecule has 1 aliphatic carbocycles. The first-order valence-corrected chi connectivity index (χ1v) is 8.41. The van der Waals surface area contributed by atoms with Crippen molar-refractivity contribution in [1.82, 2.24) is 15.1 Å². The summed E-state index contributed by atoms with van der Waals surface area (Å²) >= 11 is 5.92. The molecule has 1 amide bonds. The topological polar surface area (TPSA) is 56.1 Å². The van der Waals surface area contributed by atoms with Gasteiger partial charge < -0.3 is 10.1 Å². The Labute approximate surface area is 142 Å². The third kappa shape index (κ3) is 3.54. The van der Waals surface area contributed by atoms with E-state index in [4.69, 9.17) is 16.3 Å². The first-order valence-electron chi connectivity index (χ1n) is 8.03. The van der Waals surface area contributed by atoms with Crippen LogP contribution in [-0.2, 0) is 15.7 Å². The summed E-state index contributed by atoms with van der Waals surface area (Å²) in [6.07, 6.45) is -1.34. The fourth-order valence-corrected chi connectivity index (χ4v) is 3.29. The molecule has 2 aliphatic rings. The van der Waals surface area contributed by atoms with Crippen molar-refractivity contribution >= 4 is 17.5 Å². The highest BCUT2D eigenvalue weighted by Crippen LogP contribution is 2.47. The second-order valence-electron chi connectivity index (χ2n) is 6.32. The molecule has 1 aromatic heterocycles. The molecule has 1 N–H and O–H groups in total. The van der Waals surface area contributed by atoms with Gasteiger partial charge in [-0.1, -0.05) is 11.6 Å². The van der Waals surface area contributed by atoms with Crippen molar-refractivity contribution in [1.29, 1.82) is 0 Å². The largest absolute Gasteiger partial charge is 0.436 e. The zero-order valence-electron chi connectivity index (χ0n) is 13.2.